The molecule has 1 aromatic carbocycles. The highest BCUT2D eigenvalue weighted by Gasteiger charge is 2.31. The zero-order valence-corrected chi connectivity index (χ0v) is 13.6. The minimum absolute atomic E-state index is 0.0278. The first kappa shape index (κ1) is 16.5. The summed E-state index contributed by atoms with van der Waals surface area (Å²) in [7, 11) is -3.28. The second-order valence-electron chi connectivity index (χ2n) is 6.34. The molecule has 1 fully saturated rings. The fourth-order valence-corrected chi connectivity index (χ4v) is 4.63. The topological polar surface area (TPSA) is 57.6 Å². The van der Waals surface area contributed by atoms with Gasteiger partial charge in [-0.2, -0.15) is 0 Å². The Morgan fingerprint density at radius 3 is 2.57 bits per heavy atom. The number of benzene rings is 1. The van der Waals surface area contributed by atoms with E-state index < -0.39 is 15.6 Å². The molecule has 1 N–H and O–H groups in total. The Labute approximate surface area is 127 Å². The lowest BCUT2D eigenvalue weighted by atomic mass is 9.98. The van der Waals surface area contributed by atoms with Crippen LogP contribution < -0.4 is 0 Å². The second-order valence-corrected chi connectivity index (χ2v) is 8.35. The highest BCUT2D eigenvalue weighted by Crippen LogP contribution is 2.25. The summed E-state index contributed by atoms with van der Waals surface area (Å²) in [6, 6.07) is 9.73. The molecular formula is C16H25NO3S. The molecule has 118 valence electrons. The van der Waals surface area contributed by atoms with Crippen LogP contribution in [-0.4, -0.2) is 42.3 Å². The molecule has 5 heteroatoms. The number of nitrogens with zero attached hydrogens (tertiary/aromatic N) is 1. The van der Waals surface area contributed by atoms with Gasteiger partial charge < -0.3 is 5.11 Å². The Morgan fingerprint density at radius 2 is 1.90 bits per heavy atom. The van der Waals surface area contributed by atoms with Crippen LogP contribution in [0, 0.1) is 0 Å². The summed E-state index contributed by atoms with van der Waals surface area (Å²) in [5.74, 6) is 0.0964. The predicted molar refractivity (Wildman–Crippen MR) is 84.7 cm³/mol. The molecule has 2 rings (SSSR count). The molecule has 1 aliphatic rings. The maximum Gasteiger partial charge on any atom is 0.214 e. The third kappa shape index (κ3) is 4.53. The summed E-state index contributed by atoms with van der Waals surface area (Å²) in [6.45, 7) is 4.66. The molecule has 2 atom stereocenters. The van der Waals surface area contributed by atoms with Crippen molar-refractivity contribution in [1.82, 2.24) is 4.31 Å². The molecule has 21 heavy (non-hydrogen) atoms. The van der Waals surface area contributed by atoms with Crippen LogP contribution in [0.1, 0.15) is 44.6 Å². The van der Waals surface area contributed by atoms with Gasteiger partial charge in [-0.05, 0) is 37.7 Å². The van der Waals surface area contributed by atoms with Gasteiger partial charge >= 0.3 is 0 Å². The monoisotopic (exact) mass is 311 g/mol. The van der Waals surface area contributed by atoms with Crippen LogP contribution in [0.3, 0.4) is 0 Å². The number of sulfonamides is 1. The SMILES string of the molecule is CC(CS(=O)(=O)N1CCCC(C)(O)CC1)c1ccccc1. The Balaban J connectivity index is 2.04. The first-order valence-electron chi connectivity index (χ1n) is 7.55. The molecule has 1 aliphatic heterocycles. The molecule has 1 saturated heterocycles. The number of aliphatic hydroxyl groups is 1. The van der Waals surface area contributed by atoms with Gasteiger partial charge in [-0.3, -0.25) is 0 Å². The average Bonchev–Trinajstić information content (AvgIpc) is 2.60. The fourth-order valence-electron chi connectivity index (χ4n) is 2.82. The summed E-state index contributed by atoms with van der Waals surface area (Å²) < 4.78 is 26.7. The average molecular weight is 311 g/mol. The molecule has 0 amide bonds. The van der Waals surface area contributed by atoms with E-state index in [2.05, 4.69) is 0 Å². The van der Waals surface area contributed by atoms with Crippen molar-refractivity contribution < 1.29 is 13.5 Å². The van der Waals surface area contributed by atoms with Gasteiger partial charge in [0.1, 0.15) is 0 Å². The van der Waals surface area contributed by atoms with E-state index >= 15 is 0 Å². The van der Waals surface area contributed by atoms with Gasteiger partial charge in [0.2, 0.25) is 10.0 Å². The van der Waals surface area contributed by atoms with E-state index in [0.29, 0.717) is 32.4 Å². The standard InChI is InChI=1S/C16H25NO3S/c1-14(15-7-4-3-5-8-15)13-21(19,20)17-11-6-9-16(2,18)10-12-17/h3-5,7-8,14,18H,6,9-13H2,1-2H3. The maximum atomic E-state index is 12.6. The molecule has 0 aromatic heterocycles. The Hall–Kier alpha value is -0.910. The van der Waals surface area contributed by atoms with Gasteiger partial charge in [0.15, 0.2) is 0 Å². The van der Waals surface area contributed by atoms with Gasteiger partial charge in [-0.1, -0.05) is 37.3 Å². The Kier molecular flexibility index (Phi) is 5.07. The van der Waals surface area contributed by atoms with Crippen molar-refractivity contribution in [2.45, 2.75) is 44.6 Å². The molecule has 0 spiro atoms. The smallest absolute Gasteiger partial charge is 0.214 e. The molecule has 4 nitrogen and oxygen atoms in total. The van der Waals surface area contributed by atoms with Gasteiger partial charge in [-0.25, -0.2) is 12.7 Å². The molecule has 1 aromatic rings. The van der Waals surface area contributed by atoms with E-state index in [4.69, 9.17) is 0 Å². The first-order valence-corrected chi connectivity index (χ1v) is 9.16. The van der Waals surface area contributed by atoms with Crippen LogP contribution >= 0.6 is 0 Å². The molecular weight excluding hydrogens is 286 g/mol. The minimum atomic E-state index is -3.28. The molecule has 0 saturated carbocycles. The van der Waals surface area contributed by atoms with E-state index in [-0.39, 0.29) is 11.7 Å². The lowest BCUT2D eigenvalue weighted by Crippen LogP contribution is -2.36. The van der Waals surface area contributed by atoms with Crippen molar-refractivity contribution in [3.8, 4) is 0 Å². The zero-order chi connectivity index (χ0) is 15.5. The fraction of sp³-hybridized carbons (Fsp3) is 0.625. The third-order valence-electron chi connectivity index (χ3n) is 4.25. The third-order valence-corrected chi connectivity index (χ3v) is 6.32. The van der Waals surface area contributed by atoms with Crippen LogP contribution in [0.2, 0.25) is 0 Å². The summed E-state index contributed by atoms with van der Waals surface area (Å²) in [5.41, 5.74) is 0.304. The van der Waals surface area contributed by atoms with Gasteiger partial charge in [0, 0.05) is 13.1 Å². The van der Waals surface area contributed by atoms with E-state index in [1.165, 1.54) is 0 Å². The highest BCUT2D eigenvalue weighted by atomic mass is 32.2. The lowest BCUT2D eigenvalue weighted by Gasteiger charge is -2.23. The predicted octanol–water partition coefficient (Wildman–Crippen LogP) is 2.36. The number of rotatable bonds is 4. The quantitative estimate of drug-likeness (QED) is 0.928. The van der Waals surface area contributed by atoms with E-state index in [1.54, 1.807) is 11.2 Å². The van der Waals surface area contributed by atoms with Crippen LogP contribution in [0.4, 0.5) is 0 Å². The first-order chi connectivity index (χ1) is 9.80. The van der Waals surface area contributed by atoms with Gasteiger partial charge in [-0.15, -0.1) is 0 Å². The highest BCUT2D eigenvalue weighted by molar-refractivity contribution is 7.89. The van der Waals surface area contributed by atoms with Crippen molar-refractivity contribution in [2.75, 3.05) is 18.8 Å². The summed E-state index contributed by atoms with van der Waals surface area (Å²) in [5, 5.41) is 10.1. The van der Waals surface area contributed by atoms with Crippen molar-refractivity contribution >= 4 is 10.0 Å². The van der Waals surface area contributed by atoms with E-state index in [1.807, 2.05) is 37.3 Å². The van der Waals surface area contributed by atoms with Crippen LogP contribution in [0.5, 0.6) is 0 Å². The summed E-state index contributed by atoms with van der Waals surface area (Å²) >= 11 is 0. The molecule has 0 aliphatic carbocycles. The second kappa shape index (κ2) is 6.46. The van der Waals surface area contributed by atoms with Crippen LogP contribution in [0.15, 0.2) is 30.3 Å². The maximum absolute atomic E-state index is 12.6. The Morgan fingerprint density at radius 1 is 1.24 bits per heavy atom. The lowest BCUT2D eigenvalue weighted by molar-refractivity contribution is 0.0465. The van der Waals surface area contributed by atoms with E-state index in [0.717, 1.165) is 5.56 Å². The zero-order valence-electron chi connectivity index (χ0n) is 12.8. The van der Waals surface area contributed by atoms with Crippen LogP contribution in [-0.2, 0) is 10.0 Å². The minimum Gasteiger partial charge on any atom is -0.390 e. The van der Waals surface area contributed by atoms with Crippen molar-refractivity contribution in [3.05, 3.63) is 35.9 Å². The van der Waals surface area contributed by atoms with Crippen LogP contribution in [0.25, 0.3) is 0 Å². The summed E-state index contributed by atoms with van der Waals surface area (Å²) in [6.07, 6.45) is 1.88. The van der Waals surface area contributed by atoms with E-state index in [9.17, 15) is 13.5 Å². The van der Waals surface area contributed by atoms with Crippen molar-refractivity contribution in [2.24, 2.45) is 0 Å². The van der Waals surface area contributed by atoms with Crippen molar-refractivity contribution in [3.63, 3.8) is 0 Å². The number of hydrogen-bond donors (Lipinski definition) is 1. The molecule has 1 heterocycles. The Bertz CT molecular complexity index is 554. The molecule has 2 unspecified atom stereocenters. The van der Waals surface area contributed by atoms with Crippen molar-refractivity contribution in [1.29, 1.82) is 0 Å². The van der Waals surface area contributed by atoms with Gasteiger partial charge in [0.25, 0.3) is 0 Å². The largest absolute Gasteiger partial charge is 0.390 e. The molecule has 0 radical (unpaired) electrons. The normalized spacial score (nSPS) is 26.2. The van der Waals surface area contributed by atoms with Gasteiger partial charge in [0.05, 0.1) is 11.4 Å². The summed E-state index contributed by atoms with van der Waals surface area (Å²) in [4.78, 5) is 0. The molecule has 0 bridgehead atoms. The number of hydrogen-bond acceptors (Lipinski definition) is 3.